The van der Waals surface area contributed by atoms with Gasteiger partial charge in [0.1, 0.15) is 5.69 Å². The van der Waals surface area contributed by atoms with E-state index in [1.807, 2.05) is 0 Å². The Morgan fingerprint density at radius 2 is 2.40 bits per heavy atom. The zero-order valence-corrected chi connectivity index (χ0v) is 5.37. The zero-order chi connectivity index (χ0) is 7.40. The van der Waals surface area contributed by atoms with Crippen LogP contribution < -0.4 is 5.32 Å². The van der Waals surface area contributed by atoms with Crippen molar-refractivity contribution in [2.24, 2.45) is 0 Å². The summed E-state index contributed by atoms with van der Waals surface area (Å²) < 4.78 is 0. The number of hydrogen-bond acceptors (Lipinski definition) is 2. The lowest BCUT2D eigenvalue weighted by molar-refractivity contribution is 0.0964. The minimum Gasteiger partial charge on any atom is -0.349 e. The van der Waals surface area contributed by atoms with Gasteiger partial charge in [0.25, 0.3) is 5.91 Å². The molecule has 0 saturated heterocycles. The number of nitrogens with zero attached hydrogens (tertiary/aromatic N) is 1. The molecule has 1 radical (unpaired) electrons. The first-order chi connectivity index (χ1) is 4.84. The standard InChI is InChI=1S/C7H7N2O/c1-8-7(10)6-4-2-3-5-9-6/h2-5H,1H2,(H,8,10). The molecule has 0 bridgehead atoms. The van der Waals surface area contributed by atoms with Crippen LogP contribution in [-0.2, 0) is 0 Å². The summed E-state index contributed by atoms with van der Waals surface area (Å²) in [4.78, 5) is 14.6. The Morgan fingerprint density at radius 3 is 2.90 bits per heavy atom. The number of pyridine rings is 1. The Balaban J connectivity index is 2.85. The van der Waals surface area contributed by atoms with Gasteiger partial charge < -0.3 is 5.32 Å². The van der Waals surface area contributed by atoms with Crippen LogP contribution in [-0.4, -0.2) is 10.9 Å². The second-order valence-corrected chi connectivity index (χ2v) is 1.72. The molecule has 0 saturated carbocycles. The maximum atomic E-state index is 10.8. The van der Waals surface area contributed by atoms with Crippen molar-refractivity contribution < 1.29 is 4.79 Å². The van der Waals surface area contributed by atoms with Crippen molar-refractivity contribution in [1.29, 1.82) is 0 Å². The van der Waals surface area contributed by atoms with Gasteiger partial charge in [-0.05, 0) is 12.1 Å². The van der Waals surface area contributed by atoms with Gasteiger partial charge in [-0.15, -0.1) is 0 Å². The van der Waals surface area contributed by atoms with E-state index in [0.717, 1.165) is 0 Å². The number of amides is 1. The second kappa shape index (κ2) is 2.96. The van der Waals surface area contributed by atoms with E-state index in [0.29, 0.717) is 5.69 Å². The van der Waals surface area contributed by atoms with Crippen molar-refractivity contribution in [3.63, 3.8) is 0 Å². The monoisotopic (exact) mass is 135 g/mol. The van der Waals surface area contributed by atoms with E-state index in [9.17, 15) is 4.79 Å². The highest BCUT2D eigenvalue weighted by Crippen LogP contribution is 1.90. The van der Waals surface area contributed by atoms with Crippen molar-refractivity contribution in [3.8, 4) is 0 Å². The lowest BCUT2D eigenvalue weighted by Crippen LogP contribution is -2.16. The summed E-state index contributed by atoms with van der Waals surface area (Å²) in [5.41, 5.74) is 0.387. The molecular formula is C7H7N2O. The molecule has 3 nitrogen and oxygen atoms in total. The van der Waals surface area contributed by atoms with Crippen molar-refractivity contribution in [2.75, 3.05) is 0 Å². The summed E-state index contributed by atoms with van der Waals surface area (Å²) in [6.45, 7) is 0. The fourth-order valence-electron chi connectivity index (χ4n) is 0.588. The number of rotatable bonds is 1. The molecule has 1 amide bonds. The molecule has 10 heavy (non-hydrogen) atoms. The van der Waals surface area contributed by atoms with Crippen molar-refractivity contribution in [2.45, 2.75) is 0 Å². The van der Waals surface area contributed by atoms with E-state index in [1.165, 1.54) is 0 Å². The first kappa shape index (κ1) is 6.74. The van der Waals surface area contributed by atoms with E-state index in [-0.39, 0.29) is 5.91 Å². The van der Waals surface area contributed by atoms with Crippen LogP contribution in [0.4, 0.5) is 0 Å². The quantitative estimate of drug-likeness (QED) is 0.612. The Labute approximate surface area is 59.1 Å². The predicted octanol–water partition coefficient (Wildman–Crippen LogP) is 0.603. The van der Waals surface area contributed by atoms with Gasteiger partial charge in [-0.2, -0.15) is 0 Å². The minimum absolute atomic E-state index is 0.263. The Hall–Kier alpha value is -1.38. The normalized spacial score (nSPS) is 8.90. The van der Waals surface area contributed by atoms with Gasteiger partial charge in [-0.1, -0.05) is 6.07 Å². The number of hydrogen-bond donors (Lipinski definition) is 1. The molecule has 0 aromatic carbocycles. The minimum atomic E-state index is -0.263. The molecule has 0 atom stereocenters. The van der Waals surface area contributed by atoms with Gasteiger partial charge in [0.15, 0.2) is 0 Å². The average molecular weight is 135 g/mol. The van der Waals surface area contributed by atoms with Crippen molar-refractivity contribution in [1.82, 2.24) is 10.3 Å². The molecule has 0 aliphatic heterocycles. The molecule has 0 aliphatic carbocycles. The molecule has 0 unspecified atom stereocenters. The first-order valence-electron chi connectivity index (χ1n) is 2.83. The summed E-state index contributed by atoms with van der Waals surface area (Å²) in [6.07, 6.45) is 1.56. The van der Waals surface area contributed by atoms with Gasteiger partial charge in [0.05, 0.1) is 0 Å². The van der Waals surface area contributed by atoms with Crippen LogP contribution in [0.15, 0.2) is 24.4 Å². The molecule has 0 spiro atoms. The molecule has 1 heterocycles. The van der Waals surface area contributed by atoms with Crippen LogP contribution >= 0.6 is 0 Å². The number of nitrogens with one attached hydrogen (secondary N) is 1. The smallest absolute Gasteiger partial charge is 0.269 e. The topological polar surface area (TPSA) is 42.0 Å². The Bertz CT molecular complexity index is 220. The maximum absolute atomic E-state index is 10.8. The number of aromatic nitrogens is 1. The third-order valence-electron chi connectivity index (χ3n) is 1.06. The van der Waals surface area contributed by atoms with E-state index in [2.05, 4.69) is 17.3 Å². The molecule has 1 aromatic rings. The van der Waals surface area contributed by atoms with Crippen LogP contribution in [0, 0.1) is 7.05 Å². The predicted molar refractivity (Wildman–Crippen MR) is 37.1 cm³/mol. The highest BCUT2D eigenvalue weighted by Gasteiger charge is 2.00. The molecule has 51 valence electrons. The van der Waals surface area contributed by atoms with Gasteiger partial charge in [-0.3, -0.25) is 9.78 Å². The Morgan fingerprint density at radius 1 is 1.60 bits per heavy atom. The second-order valence-electron chi connectivity index (χ2n) is 1.72. The van der Waals surface area contributed by atoms with Gasteiger partial charge in [-0.25, -0.2) is 0 Å². The summed E-state index contributed by atoms with van der Waals surface area (Å²) >= 11 is 0. The first-order valence-corrected chi connectivity index (χ1v) is 2.83. The lowest BCUT2D eigenvalue weighted by atomic mass is 10.3. The van der Waals surface area contributed by atoms with Crippen LogP contribution in [0.3, 0.4) is 0 Å². The summed E-state index contributed by atoms with van der Waals surface area (Å²) in [7, 11) is 3.22. The molecular weight excluding hydrogens is 128 g/mol. The van der Waals surface area contributed by atoms with E-state index in [4.69, 9.17) is 0 Å². The van der Waals surface area contributed by atoms with Crippen LogP contribution in [0.1, 0.15) is 10.5 Å². The zero-order valence-electron chi connectivity index (χ0n) is 5.37. The van der Waals surface area contributed by atoms with Crippen molar-refractivity contribution >= 4 is 5.91 Å². The van der Waals surface area contributed by atoms with Gasteiger partial charge in [0.2, 0.25) is 0 Å². The van der Waals surface area contributed by atoms with E-state index in [1.54, 1.807) is 24.4 Å². The summed E-state index contributed by atoms with van der Waals surface area (Å²) in [6, 6.07) is 5.12. The van der Waals surface area contributed by atoms with E-state index >= 15 is 0 Å². The maximum Gasteiger partial charge on any atom is 0.269 e. The molecule has 1 aromatic heterocycles. The SMILES string of the molecule is [CH2]NC(=O)c1ccccn1. The van der Waals surface area contributed by atoms with Gasteiger partial charge in [0, 0.05) is 13.2 Å². The number of carbonyl (C=O) groups is 1. The highest BCUT2D eigenvalue weighted by molar-refractivity contribution is 5.92. The van der Waals surface area contributed by atoms with Gasteiger partial charge >= 0.3 is 0 Å². The van der Waals surface area contributed by atoms with Crippen molar-refractivity contribution in [3.05, 3.63) is 37.1 Å². The molecule has 1 rings (SSSR count). The summed E-state index contributed by atoms with van der Waals surface area (Å²) in [5, 5.41) is 2.23. The largest absolute Gasteiger partial charge is 0.349 e. The molecule has 0 fully saturated rings. The highest BCUT2D eigenvalue weighted by atomic mass is 16.1. The summed E-state index contributed by atoms with van der Waals surface area (Å²) in [5.74, 6) is -0.263. The number of carbonyl (C=O) groups excluding carboxylic acids is 1. The molecule has 3 heteroatoms. The lowest BCUT2D eigenvalue weighted by Gasteiger charge is -1.94. The Kier molecular flexibility index (Phi) is 1.99. The molecule has 1 N–H and O–H groups in total. The van der Waals surface area contributed by atoms with Crippen LogP contribution in [0.2, 0.25) is 0 Å². The average Bonchev–Trinajstić information content (AvgIpc) is 2.05. The fourth-order valence-corrected chi connectivity index (χ4v) is 0.588. The molecule has 0 aliphatic rings. The van der Waals surface area contributed by atoms with Crippen LogP contribution in [0.25, 0.3) is 0 Å². The van der Waals surface area contributed by atoms with Crippen LogP contribution in [0.5, 0.6) is 0 Å². The van der Waals surface area contributed by atoms with E-state index < -0.39 is 0 Å². The fraction of sp³-hybridized carbons (Fsp3) is 0. The third-order valence-corrected chi connectivity index (χ3v) is 1.06. The third kappa shape index (κ3) is 1.31.